The fourth-order valence-electron chi connectivity index (χ4n) is 4.33. The molecular formula is C26H17Cl2F5O5S. The minimum Gasteiger partial charge on any atom is -0.465 e. The van der Waals surface area contributed by atoms with Crippen LogP contribution in [0.3, 0.4) is 0 Å². The molecule has 3 aromatic rings. The van der Waals surface area contributed by atoms with Crippen LogP contribution in [0, 0.1) is 11.6 Å². The maximum absolute atomic E-state index is 15.6. The van der Waals surface area contributed by atoms with Gasteiger partial charge in [0, 0.05) is 22.2 Å². The van der Waals surface area contributed by atoms with E-state index in [4.69, 9.17) is 27.9 Å². The highest BCUT2D eigenvalue weighted by molar-refractivity contribution is 7.88. The fourth-order valence-corrected chi connectivity index (χ4v) is 5.30. The first-order valence-electron chi connectivity index (χ1n) is 11.1. The van der Waals surface area contributed by atoms with Crippen LogP contribution in [0.25, 0.3) is 11.1 Å². The van der Waals surface area contributed by atoms with Gasteiger partial charge in [0.15, 0.2) is 0 Å². The van der Waals surface area contributed by atoms with Crippen molar-refractivity contribution in [3.05, 3.63) is 98.0 Å². The van der Waals surface area contributed by atoms with Crippen molar-refractivity contribution in [2.75, 3.05) is 7.11 Å². The van der Waals surface area contributed by atoms with Crippen LogP contribution < -0.4 is 4.18 Å². The molecule has 3 aromatic carbocycles. The highest BCUT2D eigenvalue weighted by atomic mass is 35.5. The van der Waals surface area contributed by atoms with Gasteiger partial charge < -0.3 is 8.92 Å². The molecule has 0 fully saturated rings. The van der Waals surface area contributed by atoms with Gasteiger partial charge in [-0.3, -0.25) is 0 Å². The molecule has 0 heterocycles. The summed E-state index contributed by atoms with van der Waals surface area (Å²) in [6, 6.07) is 9.65. The van der Waals surface area contributed by atoms with Crippen LogP contribution in [-0.4, -0.2) is 27.0 Å². The topological polar surface area (TPSA) is 69.7 Å². The van der Waals surface area contributed by atoms with Gasteiger partial charge in [0.05, 0.1) is 18.2 Å². The average molecular weight is 607 g/mol. The third-order valence-electron chi connectivity index (χ3n) is 5.98. The smallest absolute Gasteiger partial charge is 0.465 e. The predicted octanol–water partition coefficient (Wildman–Crippen LogP) is 7.58. The van der Waals surface area contributed by atoms with Crippen LogP contribution in [0.5, 0.6) is 5.75 Å². The molecular weight excluding hydrogens is 590 g/mol. The Kier molecular flexibility index (Phi) is 7.98. The Morgan fingerprint density at radius 1 is 0.923 bits per heavy atom. The molecule has 0 aromatic heterocycles. The summed E-state index contributed by atoms with van der Waals surface area (Å²) in [6.07, 6.45) is 1.13. The number of halogens is 7. The lowest BCUT2D eigenvalue weighted by molar-refractivity contribution is -0.0500. The number of alkyl halides is 3. The summed E-state index contributed by atoms with van der Waals surface area (Å²) < 4.78 is 101. The van der Waals surface area contributed by atoms with E-state index in [9.17, 15) is 26.4 Å². The number of aryl methyl sites for hydroxylation is 1. The lowest BCUT2D eigenvalue weighted by Gasteiger charge is -2.19. The highest BCUT2D eigenvalue weighted by Gasteiger charge is 2.48. The number of hydrogen-bond donors (Lipinski definition) is 0. The molecule has 0 N–H and O–H groups in total. The van der Waals surface area contributed by atoms with Crippen LogP contribution in [0.1, 0.15) is 45.5 Å². The number of allylic oxidation sites excluding steroid dienone is 1. The highest BCUT2D eigenvalue weighted by Crippen LogP contribution is 2.44. The summed E-state index contributed by atoms with van der Waals surface area (Å²) in [5.74, 6) is -4.60. The van der Waals surface area contributed by atoms with Gasteiger partial charge in [-0.1, -0.05) is 35.3 Å². The third kappa shape index (κ3) is 5.75. The average Bonchev–Trinajstić information content (AvgIpc) is 3.01. The molecule has 206 valence electrons. The molecule has 0 saturated heterocycles. The molecule has 0 atom stereocenters. The van der Waals surface area contributed by atoms with Crippen LogP contribution >= 0.6 is 23.2 Å². The van der Waals surface area contributed by atoms with E-state index in [0.29, 0.717) is 52.3 Å². The zero-order valence-electron chi connectivity index (χ0n) is 19.8. The van der Waals surface area contributed by atoms with Gasteiger partial charge in [-0.25, -0.2) is 13.6 Å². The van der Waals surface area contributed by atoms with Crippen molar-refractivity contribution in [2.24, 2.45) is 0 Å². The summed E-state index contributed by atoms with van der Waals surface area (Å²) >= 11 is 12.5. The van der Waals surface area contributed by atoms with E-state index < -0.39 is 44.5 Å². The van der Waals surface area contributed by atoms with Gasteiger partial charge in [0.1, 0.15) is 17.4 Å². The van der Waals surface area contributed by atoms with Crippen LogP contribution in [0.15, 0.2) is 48.5 Å². The van der Waals surface area contributed by atoms with E-state index in [-0.39, 0.29) is 22.6 Å². The van der Waals surface area contributed by atoms with Gasteiger partial charge in [-0.2, -0.15) is 21.6 Å². The standard InChI is InChI=1S/C26H17Cl2F5O5S/c1-37-25(34)14-5-7-17-13(9-14)3-2-4-19(18-8-6-15(27)10-20(18)28)23(17)24-21(29)11-16(12-22(24)30)38-39(35,36)26(31,32)33/h5-12H,2-4H2,1H3. The quantitative estimate of drug-likeness (QED) is 0.130. The van der Waals surface area contributed by atoms with Crippen molar-refractivity contribution in [3.63, 3.8) is 0 Å². The molecule has 0 bridgehead atoms. The van der Waals surface area contributed by atoms with Crippen molar-refractivity contribution in [1.29, 1.82) is 0 Å². The third-order valence-corrected chi connectivity index (χ3v) is 7.51. The predicted molar refractivity (Wildman–Crippen MR) is 135 cm³/mol. The molecule has 13 heteroatoms. The van der Waals surface area contributed by atoms with Gasteiger partial charge >= 0.3 is 21.6 Å². The van der Waals surface area contributed by atoms with E-state index in [2.05, 4.69) is 4.18 Å². The lowest BCUT2D eigenvalue weighted by Crippen LogP contribution is -2.28. The summed E-state index contributed by atoms with van der Waals surface area (Å²) in [6.45, 7) is 0. The Hall–Kier alpha value is -3.15. The number of rotatable bonds is 5. The Labute approximate surface area is 229 Å². The zero-order valence-corrected chi connectivity index (χ0v) is 22.2. The lowest BCUT2D eigenvalue weighted by atomic mass is 9.86. The van der Waals surface area contributed by atoms with Crippen LogP contribution in [0.4, 0.5) is 22.0 Å². The minimum absolute atomic E-state index is 0.0170. The molecule has 39 heavy (non-hydrogen) atoms. The van der Waals surface area contributed by atoms with Crippen molar-refractivity contribution >= 4 is 50.4 Å². The van der Waals surface area contributed by atoms with Gasteiger partial charge in [-0.15, -0.1) is 0 Å². The number of benzene rings is 3. The van der Waals surface area contributed by atoms with Gasteiger partial charge in [0.25, 0.3) is 0 Å². The second-order valence-electron chi connectivity index (χ2n) is 8.44. The number of carbonyl (C=O) groups is 1. The van der Waals surface area contributed by atoms with E-state index >= 15 is 8.78 Å². The molecule has 0 spiro atoms. The second-order valence-corrected chi connectivity index (χ2v) is 10.8. The fraction of sp³-hybridized carbons (Fsp3) is 0.192. The minimum atomic E-state index is -6.17. The maximum Gasteiger partial charge on any atom is 0.534 e. The van der Waals surface area contributed by atoms with Gasteiger partial charge in [-0.05, 0) is 71.4 Å². The normalized spacial score (nSPS) is 14.1. The van der Waals surface area contributed by atoms with E-state index in [1.165, 1.54) is 37.4 Å². The number of methoxy groups -OCH3 is 1. The Morgan fingerprint density at radius 2 is 1.56 bits per heavy atom. The molecule has 0 aliphatic heterocycles. The molecule has 5 nitrogen and oxygen atoms in total. The van der Waals surface area contributed by atoms with Crippen molar-refractivity contribution < 1.29 is 44.1 Å². The first-order chi connectivity index (χ1) is 18.2. The van der Waals surface area contributed by atoms with E-state index in [1.807, 2.05) is 0 Å². The first-order valence-corrected chi connectivity index (χ1v) is 13.3. The molecule has 4 rings (SSSR count). The van der Waals surface area contributed by atoms with Crippen LogP contribution in [0.2, 0.25) is 10.0 Å². The molecule has 1 aliphatic rings. The SMILES string of the molecule is COC(=O)c1ccc2c(c1)CCCC(c1ccc(Cl)cc1Cl)=C2c1c(F)cc(OS(=O)(=O)C(F)(F)F)cc1F. The number of hydrogen-bond acceptors (Lipinski definition) is 5. The number of fused-ring (bicyclic) bond motifs is 1. The van der Waals surface area contributed by atoms with Crippen molar-refractivity contribution in [2.45, 2.75) is 24.8 Å². The van der Waals surface area contributed by atoms with E-state index in [1.54, 1.807) is 6.07 Å². The number of ether oxygens (including phenoxy) is 1. The molecule has 0 unspecified atom stereocenters. The summed E-state index contributed by atoms with van der Waals surface area (Å²) in [7, 11) is -4.97. The Balaban J connectivity index is 2.00. The first kappa shape index (κ1) is 28.8. The largest absolute Gasteiger partial charge is 0.534 e. The molecule has 0 radical (unpaired) electrons. The number of esters is 1. The number of carbonyl (C=O) groups excluding carboxylic acids is 1. The Morgan fingerprint density at radius 3 is 2.15 bits per heavy atom. The summed E-state index contributed by atoms with van der Waals surface area (Å²) in [4.78, 5) is 12.1. The van der Waals surface area contributed by atoms with Crippen molar-refractivity contribution in [3.8, 4) is 5.75 Å². The van der Waals surface area contributed by atoms with Gasteiger partial charge in [0.2, 0.25) is 0 Å². The van der Waals surface area contributed by atoms with Crippen LogP contribution in [-0.2, 0) is 21.3 Å². The molecule has 0 saturated carbocycles. The zero-order chi connectivity index (χ0) is 28.7. The summed E-state index contributed by atoms with van der Waals surface area (Å²) in [5, 5.41) is 0.494. The van der Waals surface area contributed by atoms with Crippen molar-refractivity contribution in [1.82, 2.24) is 0 Å². The maximum atomic E-state index is 15.6. The Bertz CT molecular complexity index is 1590. The molecule has 0 amide bonds. The van der Waals surface area contributed by atoms with E-state index in [0.717, 1.165) is 0 Å². The summed E-state index contributed by atoms with van der Waals surface area (Å²) in [5.41, 5.74) is -4.56. The second kappa shape index (κ2) is 10.8. The monoisotopic (exact) mass is 606 g/mol. The molecule has 1 aliphatic carbocycles.